The molecule has 0 saturated carbocycles. The maximum Gasteiger partial charge on any atom is 0.255 e. The number of nitrogens with zero attached hydrogens (tertiary/aromatic N) is 2. The molecule has 98 valence electrons. The van der Waals surface area contributed by atoms with Gasteiger partial charge in [-0.05, 0) is 26.8 Å². The average molecular weight is 249 g/mol. The number of ether oxygens (including phenoxy) is 1. The molecule has 5 heteroatoms. The third kappa shape index (κ3) is 2.61. The Morgan fingerprint density at radius 1 is 1.44 bits per heavy atom. The van der Waals surface area contributed by atoms with Crippen LogP contribution in [0.4, 0.5) is 5.69 Å². The molecule has 0 radical (unpaired) electrons. The van der Waals surface area contributed by atoms with E-state index in [2.05, 4.69) is 4.98 Å². The number of nitrogens with two attached hydrogens (primary N) is 1. The van der Waals surface area contributed by atoms with Crippen molar-refractivity contribution in [1.29, 1.82) is 0 Å². The van der Waals surface area contributed by atoms with Crippen molar-refractivity contribution >= 4 is 11.6 Å². The lowest BCUT2D eigenvalue weighted by Crippen LogP contribution is -2.48. The summed E-state index contributed by atoms with van der Waals surface area (Å²) in [6, 6.07) is 1.69. The van der Waals surface area contributed by atoms with Gasteiger partial charge in [0.05, 0.1) is 35.3 Å². The zero-order valence-corrected chi connectivity index (χ0v) is 11.0. The Morgan fingerprint density at radius 2 is 2.06 bits per heavy atom. The van der Waals surface area contributed by atoms with Gasteiger partial charge in [0.15, 0.2) is 0 Å². The normalized spacial score (nSPS) is 24.1. The summed E-state index contributed by atoms with van der Waals surface area (Å²) in [5, 5.41) is 0. The van der Waals surface area contributed by atoms with E-state index in [1.807, 2.05) is 25.7 Å². The van der Waals surface area contributed by atoms with Gasteiger partial charge in [-0.2, -0.15) is 0 Å². The van der Waals surface area contributed by atoms with E-state index in [1.54, 1.807) is 12.3 Å². The van der Waals surface area contributed by atoms with Gasteiger partial charge in [-0.25, -0.2) is 0 Å². The van der Waals surface area contributed by atoms with Crippen molar-refractivity contribution in [2.75, 3.05) is 18.8 Å². The Balaban J connectivity index is 2.22. The molecule has 1 amide bonds. The zero-order chi connectivity index (χ0) is 13.3. The minimum atomic E-state index is -0.0192. The lowest BCUT2D eigenvalue weighted by molar-refractivity contribution is -0.0586. The topological polar surface area (TPSA) is 68.5 Å². The fourth-order valence-electron chi connectivity index (χ4n) is 2.28. The third-order valence-corrected chi connectivity index (χ3v) is 3.05. The molecule has 2 rings (SSSR count). The van der Waals surface area contributed by atoms with Gasteiger partial charge in [-0.1, -0.05) is 0 Å². The van der Waals surface area contributed by atoms with Crippen LogP contribution in [0.15, 0.2) is 12.3 Å². The van der Waals surface area contributed by atoms with Crippen LogP contribution in [-0.2, 0) is 4.74 Å². The van der Waals surface area contributed by atoms with Crippen LogP contribution in [0.3, 0.4) is 0 Å². The molecule has 1 aliphatic rings. The van der Waals surface area contributed by atoms with Gasteiger partial charge < -0.3 is 15.4 Å². The van der Waals surface area contributed by atoms with Crippen LogP contribution in [0.5, 0.6) is 0 Å². The number of pyridine rings is 1. The van der Waals surface area contributed by atoms with E-state index in [0.29, 0.717) is 30.0 Å². The predicted molar refractivity (Wildman–Crippen MR) is 69.3 cm³/mol. The van der Waals surface area contributed by atoms with Crippen molar-refractivity contribution in [3.05, 3.63) is 23.5 Å². The number of hydrogen-bond acceptors (Lipinski definition) is 4. The van der Waals surface area contributed by atoms with Gasteiger partial charge in [-0.15, -0.1) is 0 Å². The van der Waals surface area contributed by atoms with Crippen LogP contribution in [0.1, 0.15) is 29.9 Å². The highest BCUT2D eigenvalue weighted by molar-refractivity contribution is 5.96. The zero-order valence-electron chi connectivity index (χ0n) is 11.0. The second kappa shape index (κ2) is 4.94. The molecular formula is C13H19N3O2. The van der Waals surface area contributed by atoms with Crippen LogP contribution in [-0.4, -0.2) is 41.1 Å². The highest BCUT2D eigenvalue weighted by Crippen LogP contribution is 2.17. The van der Waals surface area contributed by atoms with Crippen molar-refractivity contribution < 1.29 is 9.53 Å². The van der Waals surface area contributed by atoms with Crippen molar-refractivity contribution in [3.8, 4) is 0 Å². The Bertz CT molecular complexity index is 452. The molecule has 0 aromatic carbocycles. The van der Waals surface area contributed by atoms with Gasteiger partial charge in [0.25, 0.3) is 5.91 Å². The van der Waals surface area contributed by atoms with E-state index in [9.17, 15) is 4.79 Å². The van der Waals surface area contributed by atoms with Crippen molar-refractivity contribution in [1.82, 2.24) is 9.88 Å². The van der Waals surface area contributed by atoms with Crippen molar-refractivity contribution in [2.45, 2.75) is 33.0 Å². The molecule has 0 bridgehead atoms. The first-order valence-electron chi connectivity index (χ1n) is 6.14. The summed E-state index contributed by atoms with van der Waals surface area (Å²) in [5.41, 5.74) is 7.49. The van der Waals surface area contributed by atoms with E-state index in [1.165, 1.54) is 0 Å². The second-order valence-electron chi connectivity index (χ2n) is 4.87. The van der Waals surface area contributed by atoms with Gasteiger partial charge in [0.1, 0.15) is 0 Å². The molecule has 2 N–H and O–H groups in total. The summed E-state index contributed by atoms with van der Waals surface area (Å²) in [7, 11) is 0. The van der Waals surface area contributed by atoms with E-state index in [4.69, 9.17) is 10.5 Å². The molecular weight excluding hydrogens is 230 g/mol. The van der Waals surface area contributed by atoms with Crippen LogP contribution >= 0.6 is 0 Å². The van der Waals surface area contributed by atoms with Crippen molar-refractivity contribution in [2.24, 2.45) is 0 Å². The Hall–Kier alpha value is -1.62. The molecule has 2 unspecified atom stereocenters. The number of amides is 1. The number of aryl methyl sites for hydroxylation is 1. The van der Waals surface area contributed by atoms with Crippen LogP contribution in [0.2, 0.25) is 0 Å². The number of carbonyl (C=O) groups is 1. The van der Waals surface area contributed by atoms with E-state index < -0.39 is 0 Å². The number of aromatic nitrogens is 1. The molecule has 1 aromatic heterocycles. The minimum Gasteiger partial charge on any atom is -0.397 e. The van der Waals surface area contributed by atoms with E-state index in [-0.39, 0.29) is 18.1 Å². The van der Waals surface area contributed by atoms with Gasteiger partial charge in [0, 0.05) is 13.1 Å². The lowest BCUT2D eigenvalue weighted by atomic mass is 10.1. The molecule has 1 aromatic rings. The molecule has 5 nitrogen and oxygen atoms in total. The minimum absolute atomic E-state index is 0.0192. The number of nitrogen functional groups attached to an aromatic ring is 1. The smallest absolute Gasteiger partial charge is 0.255 e. The molecule has 1 aliphatic heterocycles. The summed E-state index contributed by atoms with van der Waals surface area (Å²) >= 11 is 0. The Labute approximate surface area is 107 Å². The van der Waals surface area contributed by atoms with Crippen LogP contribution < -0.4 is 5.73 Å². The van der Waals surface area contributed by atoms with E-state index in [0.717, 1.165) is 0 Å². The average Bonchev–Trinajstić information content (AvgIpc) is 2.30. The highest BCUT2D eigenvalue weighted by Gasteiger charge is 2.27. The van der Waals surface area contributed by atoms with Gasteiger partial charge in [-0.3, -0.25) is 9.78 Å². The summed E-state index contributed by atoms with van der Waals surface area (Å²) in [6.07, 6.45) is 1.69. The van der Waals surface area contributed by atoms with Gasteiger partial charge >= 0.3 is 0 Å². The molecule has 1 saturated heterocycles. The largest absolute Gasteiger partial charge is 0.397 e. The maximum atomic E-state index is 12.4. The van der Waals surface area contributed by atoms with E-state index >= 15 is 0 Å². The maximum absolute atomic E-state index is 12.4. The summed E-state index contributed by atoms with van der Waals surface area (Å²) in [4.78, 5) is 18.4. The number of rotatable bonds is 1. The molecule has 0 spiro atoms. The Morgan fingerprint density at radius 3 is 2.67 bits per heavy atom. The predicted octanol–water partition coefficient (Wildman–Crippen LogP) is 1.22. The number of hydrogen-bond donors (Lipinski definition) is 1. The highest BCUT2D eigenvalue weighted by atomic mass is 16.5. The second-order valence-corrected chi connectivity index (χ2v) is 4.87. The molecule has 0 aliphatic carbocycles. The van der Waals surface area contributed by atoms with Crippen LogP contribution in [0, 0.1) is 6.92 Å². The Kier molecular flexibility index (Phi) is 3.52. The summed E-state index contributed by atoms with van der Waals surface area (Å²) in [5.74, 6) is -0.0192. The standard InChI is InChI=1S/C13H19N3O2/c1-8-6-16(7-9(2)18-8)13(17)12-4-11(14)5-15-10(12)3/h4-5,8-9H,6-7,14H2,1-3H3. The first-order valence-corrected chi connectivity index (χ1v) is 6.14. The fraction of sp³-hybridized carbons (Fsp3) is 0.538. The molecule has 2 atom stereocenters. The lowest BCUT2D eigenvalue weighted by Gasteiger charge is -2.35. The summed E-state index contributed by atoms with van der Waals surface area (Å²) < 4.78 is 5.62. The third-order valence-electron chi connectivity index (χ3n) is 3.05. The first kappa shape index (κ1) is 12.8. The quantitative estimate of drug-likeness (QED) is 0.812. The number of anilines is 1. The molecule has 18 heavy (non-hydrogen) atoms. The molecule has 1 fully saturated rings. The first-order chi connectivity index (χ1) is 8.47. The SMILES string of the molecule is Cc1ncc(N)cc1C(=O)N1CC(C)OC(C)C1. The number of carbonyl (C=O) groups excluding carboxylic acids is 1. The summed E-state index contributed by atoms with van der Waals surface area (Å²) in [6.45, 7) is 6.98. The van der Waals surface area contributed by atoms with Crippen molar-refractivity contribution in [3.63, 3.8) is 0 Å². The number of morpholine rings is 1. The molecule has 2 heterocycles. The monoisotopic (exact) mass is 249 g/mol. The van der Waals surface area contributed by atoms with Gasteiger partial charge in [0.2, 0.25) is 0 Å². The van der Waals surface area contributed by atoms with Crippen LogP contribution in [0.25, 0.3) is 0 Å². The fourth-order valence-corrected chi connectivity index (χ4v) is 2.28.